The van der Waals surface area contributed by atoms with E-state index in [0.717, 1.165) is 5.56 Å². The van der Waals surface area contributed by atoms with Gasteiger partial charge in [0.05, 0.1) is 12.2 Å². The van der Waals surface area contributed by atoms with Crippen LogP contribution in [-0.4, -0.2) is 17.2 Å². The largest absolute Gasteiger partial charge is 0.463 e. The van der Waals surface area contributed by atoms with Crippen LogP contribution in [0.4, 0.5) is 0 Å². The van der Waals surface area contributed by atoms with Gasteiger partial charge in [-0.15, -0.1) is 0 Å². The summed E-state index contributed by atoms with van der Waals surface area (Å²) in [5.41, 5.74) is 0.756. The quantitative estimate of drug-likeness (QED) is 0.824. The molecular weight excluding hydrogens is 240 g/mol. The molecule has 1 rings (SSSR count). The molecule has 0 radical (unpaired) electrons. The third-order valence-corrected chi connectivity index (χ3v) is 2.50. The van der Waals surface area contributed by atoms with Crippen molar-refractivity contribution >= 4 is 17.6 Å². The smallest absolute Gasteiger partial charge is 0.306 e. The molecule has 0 spiro atoms. The van der Waals surface area contributed by atoms with E-state index in [2.05, 4.69) is 0 Å². The maximum atomic E-state index is 11.3. The molecule has 4 heteroatoms. The van der Waals surface area contributed by atoms with Crippen molar-refractivity contribution in [1.29, 1.82) is 0 Å². The van der Waals surface area contributed by atoms with E-state index in [4.69, 9.17) is 16.3 Å². The molecule has 0 aliphatic rings. The van der Waals surface area contributed by atoms with E-state index in [-0.39, 0.29) is 18.5 Å². The van der Waals surface area contributed by atoms with Gasteiger partial charge in [-0.25, -0.2) is 0 Å². The van der Waals surface area contributed by atoms with Crippen LogP contribution in [0.1, 0.15) is 38.4 Å². The lowest BCUT2D eigenvalue weighted by molar-refractivity contribution is -0.148. The van der Waals surface area contributed by atoms with Gasteiger partial charge in [-0.1, -0.05) is 23.7 Å². The number of hydrogen-bond donors (Lipinski definition) is 1. The fourth-order valence-electron chi connectivity index (χ4n) is 1.43. The number of hydrogen-bond acceptors (Lipinski definition) is 3. The summed E-state index contributed by atoms with van der Waals surface area (Å²) in [6.45, 7) is 3.60. The van der Waals surface area contributed by atoms with Crippen molar-refractivity contribution < 1.29 is 14.6 Å². The van der Waals surface area contributed by atoms with Gasteiger partial charge in [-0.3, -0.25) is 4.79 Å². The van der Waals surface area contributed by atoms with Crippen LogP contribution in [0.25, 0.3) is 0 Å². The minimum absolute atomic E-state index is 0.116. The minimum atomic E-state index is -0.660. The standard InChI is InChI=1S/C13H17ClO3/c1-9(2)17-13(16)8-7-12(15)10-3-5-11(14)6-4-10/h3-6,9,12,15H,7-8H2,1-2H3. The molecule has 1 atom stereocenters. The lowest BCUT2D eigenvalue weighted by Crippen LogP contribution is -2.12. The molecule has 0 saturated heterocycles. The summed E-state index contributed by atoms with van der Waals surface area (Å²) in [7, 11) is 0. The van der Waals surface area contributed by atoms with Crippen LogP contribution in [0, 0.1) is 0 Å². The second kappa shape index (κ2) is 6.62. The predicted molar refractivity (Wildman–Crippen MR) is 66.9 cm³/mol. The van der Waals surface area contributed by atoms with Crippen molar-refractivity contribution in [3.05, 3.63) is 34.9 Å². The summed E-state index contributed by atoms with van der Waals surface area (Å²) >= 11 is 5.75. The molecule has 3 nitrogen and oxygen atoms in total. The highest BCUT2D eigenvalue weighted by Gasteiger charge is 2.12. The number of aliphatic hydroxyl groups is 1. The molecule has 94 valence electrons. The monoisotopic (exact) mass is 256 g/mol. The molecule has 1 unspecified atom stereocenters. The lowest BCUT2D eigenvalue weighted by atomic mass is 10.1. The molecule has 0 aliphatic heterocycles. The number of esters is 1. The van der Waals surface area contributed by atoms with Gasteiger partial charge in [-0.05, 0) is 38.0 Å². The Morgan fingerprint density at radius 2 is 1.94 bits per heavy atom. The normalized spacial score (nSPS) is 12.5. The van der Waals surface area contributed by atoms with E-state index in [1.807, 2.05) is 0 Å². The first-order valence-corrected chi connectivity index (χ1v) is 6.00. The first-order valence-electron chi connectivity index (χ1n) is 5.62. The van der Waals surface area contributed by atoms with Crippen LogP contribution in [0.3, 0.4) is 0 Å². The third kappa shape index (κ3) is 5.20. The van der Waals surface area contributed by atoms with Crippen molar-refractivity contribution in [2.75, 3.05) is 0 Å². The topological polar surface area (TPSA) is 46.5 Å². The zero-order valence-corrected chi connectivity index (χ0v) is 10.8. The van der Waals surface area contributed by atoms with Gasteiger partial charge in [0, 0.05) is 11.4 Å². The Balaban J connectivity index is 2.42. The highest BCUT2D eigenvalue weighted by atomic mass is 35.5. The molecule has 0 fully saturated rings. The Morgan fingerprint density at radius 3 is 2.47 bits per heavy atom. The van der Waals surface area contributed by atoms with E-state index in [1.165, 1.54) is 0 Å². The zero-order valence-electron chi connectivity index (χ0n) is 10.0. The number of carbonyl (C=O) groups excluding carboxylic acids is 1. The highest BCUT2D eigenvalue weighted by molar-refractivity contribution is 6.30. The lowest BCUT2D eigenvalue weighted by Gasteiger charge is -2.12. The summed E-state index contributed by atoms with van der Waals surface area (Å²) in [6, 6.07) is 6.93. The third-order valence-electron chi connectivity index (χ3n) is 2.24. The maximum absolute atomic E-state index is 11.3. The van der Waals surface area contributed by atoms with Crippen LogP contribution in [-0.2, 0) is 9.53 Å². The predicted octanol–water partition coefficient (Wildman–Crippen LogP) is 3.11. The fourth-order valence-corrected chi connectivity index (χ4v) is 1.55. The van der Waals surface area contributed by atoms with Gasteiger partial charge in [-0.2, -0.15) is 0 Å². The number of rotatable bonds is 5. The van der Waals surface area contributed by atoms with E-state index in [0.29, 0.717) is 11.4 Å². The maximum Gasteiger partial charge on any atom is 0.306 e. The van der Waals surface area contributed by atoms with Gasteiger partial charge < -0.3 is 9.84 Å². The molecule has 0 heterocycles. The minimum Gasteiger partial charge on any atom is -0.463 e. The number of ether oxygens (including phenoxy) is 1. The number of halogens is 1. The SMILES string of the molecule is CC(C)OC(=O)CCC(O)c1ccc(Cl)cc1. The molecule has 1 aromatic rings. The highest BCUT2D eigenvalue weighted by Crippen LogP contribution is 2.20. The molecular formula is C13H17ClO3. The van der Waals surface area contributed by atoms with E-state index >= 15 is 0 Å². The van der Waals surface area contributed by atoms with E-state index < -0.39 is 6.10 Å². The van der Waals surface area contributed by atoms with Crippen molar-refractivity contribution in [3.63, 3.8) is 0 Å². The Labute approximate surface area is 106 Å². The van der Waals surface area contributed by atoms with Crippen molar-refractivity contribution in [1.82, 2.24) is 0 Å². The Kier molecular flexibility index (Phi) is 5.45. The van der Waals surface area contributed by atoms with Crippen molar-refractivity contribution in [2.24, 2.45) is 0 Å². The molecule has 0 bridgehead atoms. The molecule has 0 amide bonds. The second-order valence-electron chi connectivity index (χ2n) is 4.14. The Morgan fingerprint density at radius 1 is 1.35 bits per heavy atom. The number of benzene rings is 1. The first-order chi connectivity index (χ1) is 7.99. The van der Waals surface area contributed by atoms with Gasteiger partial charge >= 0.3 is 5.97 Å². The molecule has 0 saturated carbocycles. The van der Waals surface area contributed by atoms with Crippen LogP contribution < -0.4 is 0 Å². The van der Waals surface area contributed by atoms with Gasteiger partial charge in [0.15, 0.2) is 0 Å². The van der Waals surface area contributed by atoms with Crippen LogP contribution in [0.15, 0.2) is 24.3 Å². The molecule has 0 aromatic heterocycles. The average Bonchev–Trinajstić information content (AvgIpc) is 2.26. The first kappa shape index (κ1) is 14.0. The summed E-state index contributed by atoms with van der Waals surface area (Å²) in [4.78, 5) is 11.3. The number of carbonyl (C=O) groups is 1. The van der Waals surface area contributed by atoms with Gasteiger partial charge in [0.1, 0.15) is 0 Å². The molecule has 0 aliphatic carbocycles. The zero-order chi connectivity index (χ0) is 12.8. The second-order valence-corrected chi connectivity index (χ2v) is 4.58. The van der Waals surface area contributed by atoms with Crippen LogP contribution in [0.5, 0.6) is 0 Å². The summed E-state index contributed by atoms with van der Waals surface area (Å²) in [5.74, 6) is -0.284. The summed E-state index contributed by atoms with van der Waals surface area (Å²) < 4.78 is 4.98. The Hall–Kier alpha value is -1.06. The van der Waals surface area contributed by atoms with E-state index in [1.54, 1.807) is 38.1 Å². The summed E-state index contributed by atoms with van der Waals surface area (Å²) in [6.07, 6.45) is -0.211. The van der Waals surface area contributed by atoms with Crippen molar-refractivity contribution in [2.45, 2.75) is 38.9 Å². The molecule has 17 heavy (non-hydrogen) atoms. The van der Waals surface area contributed by atoms with Gasteiger partial charge in [0.25, 0.3) is 0 Å². The average molecular weight is 257 g/mol. The van der Waals surface area contributed by atoms with Crippen LogP contribution >= 0.6 is 11.6 Å². The molecule has 1 N–H and O–H groups in total. The molecule has 1 aromatic carbocycles. The number of aliphatic hydroxyl groups excluding tert-OH is 1. The van der Waals surface area contributed by atoms with Gasteiger partial charge in [0.2, 0.25) is 0 Å². The van der Waals surface area contributed by atoms with Crippen LogP contribution in [0.2, 0.25) is 5.02 Å². The Bertz CT molecular complexity index is 359. The summed E-state index contributed by atoms with van der Waals surface area (Å²) in [5, 5.41) is 10.5. The van der Waals surface area contributed by atoms with E-state index in [9.17, 15) is 9.90 Å². The van der Waals surface area contributed by atoms with Crippen molar-refractivity contribution in [3.8, 4) is 0 Å². The fraction of sp³-hybridized carbons (Fsp3) is 0.462.